The van der Waals surface area contributed by atoms with Crippen LogP contribution in [0.3, 0.4) is 0 Å². The second kappa shape index (κ2) is 4.34. The molecule has 0 aromatic rings. The Hall–Kier alpha value is -0.200. The summed E-state index contributed by atoms with van der Waals surface area (Å²) in [6.45, 7) is 0. The second-order valence-corrected chi connectivity index (χ2v) is 3.64. The maximum atomic E-state index is 4.98. The molecule has 1 aliphatic carbocycles. The number of nitrogens with one attached hydrogen (secondary N) is 1. The molecule has 0 saturated heterocycles. The Kier molecular flexibility index (Phi) is 3.63. The molecule has 0 aliphatic heterocycles. The van der Waals surface area contributed by atoms with E-state index in [-0.39, 0.29) is 0 Å². The van der Waals surface area contributed by atoms with Gasteiger partial charge in [0.1, 0.15) is 0 Å². The molecular weight excluding hydrogens is 168 g/mol. The van der Waals surface area contributed by atoms with Crippen LogP contribution < -0.4 is 5.43 Å². The van der Waals surface area contributed by atoms with Crippen molar-refractivity contribution in [1.82, 2.24) is 20.6 Å². The summed E-state index contributed by atoms with van der Waals surface area (Å²) < 4.78 is 0. The predicted molar refractivity (Wildman–Crippen MR) is 51.6 cm³/mol. The van der Waals surface area contributed by atoms with E-state index in [4.69, 9.17) is 4.84 Å². The zero-order valence-corrected chi connectivity index (χ0v) is 9.11. The Morgan fingerprint density at radius 1 is 1.23 bits per heavy atom. The van der Waals surface area contributed by atoms with Crippen LogP contribution in [0.5, 0.6) is 0 Å². The quantitative estimate of drug-likeness (QED) is 0.590. The van der Waals surface area contributed by atoms with Crippen LogP contribution in [0, 0.1) is 0 Å². The fourth-order valence-corrected chi connectivity index (χ4v) is 1.32. The van der Waals surface area contributed by atoms with Gasteiger partial charge in [0, 0.05) is 40.3 Å². The Morgan fingerprint density at radius 3 is 2.31 bits per heavy atom. The zero-order chi connectivity index (χ0) is 10.0. The van der Waals surface area contributed by atoms with Gasteiger partial charge in [-0.05, 0) is 6.42 Å². The minimum atomic E-state index is 0.511. The third-order valence-corrected chi connectivity index (χ3v) is 2.49. The fraction of sp³-hybridized carbons (Fsp3) is 1.00. The molecule has 1 aliphatic rings. The summed E-state index contributed by atoms with van der Waals surface area (Å²) in [5.74, 6) is 0. The Bertz CT molecular complexity index is 164. The van der Waals surface area contributed by atoms with E-state index in [1.807, 2.05) is 7.05 Å². The zero-order valence-electron chi connectivity index (χ0n) is 9.11. The summed E-state index contributed by atoms with van der Waals surface area (Å²) in [6, 6.07) is 1.10. The molecule has 5 heteroatoms. The van der Waals surface area contributed by atoms with Crippen molar-refractivity contribution >= 4 is 0 Å². The Labute approximate surface area is 80.1 Å². The van der Waals surface area contributed by atoms with Gasteiger partial charge < -0.3 is 0 Å². The largest absolute Gasteiger partial charge is 0.288 e. The lowest BCUT2D eigenvalue weighted by molar-refractivity contribution is -0.153. The Morgan fingerprint density at radius 2 is 1.85 bits per heavy atom. The summed E-state index contributed by atoms with van der Waals surface area (Å²) in [6.07, 6.45) is 1.17. The third-order valence-electron chi connectivity index (χ3n) is 2.49. The van der Waals surface area contributed by atoms with Crippen LogP contribution in [0.4, 0.5) is 0 Å². The van der Waals surface area contributed by atoms with Crippen molar-refractivity contribution in [1.29, 1.82) is 0 Å². The van der Waals surface area contributed by atoms with Crippen molar-refractivity contribution in [2.24, 2.45) is 0 Å². The SMILES string of the molecule is CON(C)NC1C[C@H]1N(C)N(C)C. The lowest BCUT2D eigenvalue weighted by Gasteiger charge is -2.25. The first-order valence-corrected chi connectivity index (χ1v) is 4.50. The number of likely N-dealkylation sites (N-methyl/N-ethyl adjacent to an activating group) is 1. The predicted octanol–water partition coefficient (Wildman–Crippen LogP) is -0.466. The van der Waals surface area contributed by atoms with Crippen molar-refractivity contribution < 1.29 is 4.84 Å². The highest BCUT2D eigenvalue weighted by Gasteiger charge is 2.41. The number of hydroxylamine groups is 1. The molecule has 0 radical (unpaired) electrons. The number of rotatable bonds is 5. The van der Waals surface area contributed by atoms with Gasteiger partial charge in [-0.25, -0.2) is 15.4 Å². The summed E-state index contributed by atoms with van der Waals surface area (Å²) in [5, 5.41) is 5.97. The van der Waals surface area contributed by atoms with E-state index in [1.54, 1.807) is 12.3 Å². The molecule has 1 rings (SSSR count). The van der Waals surface area contributed by atoms with Crippen LogP contribution in [-0.4, -0.2) is 62.6 Å². The van der Waals surface area contributed by atoms with Gasteiger partial charge >= 0.3 is 0 Å². The highest BCUT2D eigenvalue weighted by atomic mass is 16.7. The average Bonchev–Trinajstić information content (AvgIpc) is 2.82. The molecular formula is C8H20N4O. The van der Waals surface area contributed by atoms with Crippen molar-refractivity contribution in [3.05, 3.63) is 0 Å². The summed E-state index contributed by atoms with van der Waals surface area (Å²) in [7, 11) is 9.72. The van der Waals surface area contributed by atoms with E-state index < -0.39 is 0 Å². The molecule has 13 heavy (non-hydrogen) atoms. The molecule has 0 spiro atoms. The summed E-state index contributed by atoms with van der Waals surface area (Å²) in [5.41, 5.74) is 3.23. The first-order chi connectivity index (χ1) is 6.06. The first kappa shape index (κ1) is 10.9. The Balaban J connectivity index is 2.22. The normalized spacial score (nSPS) is 27.7. The van der Waals surface area contributed by atoms with E-state index in [0.29, 0.717) is 12.1 Å². The van der Waals surface area contributed by atoms with Crippen molar-refractivity contribution in [3.8, 4) is 0 Å². The molecule has 1 saturated carbocycles. The van der Waals surface area contributed by atoms with Crippen LogP contribution in [0.2, 0.25) is 0 Å². The lowest BCUT2D eigenvalue weighted by atomic mass is 10.6. The van der Waals surface area contributed by atoms with Crippen molar-refractivity contribution in [3.63, 3.8) is 0 Å². The van der Waals surface area contributed by atoms with Crippen LogP contribution in [0.25, 0.3) is 0 Å². The minimum Gasteiger partial charge on any atom is -0.288 e. The maximum absolute atomic E-state index is 4.98. The summed E-state index contributed by atoms with van der Waals surface area (Å²) >= 11 is 0. The lowest BCUT2D eigenvalue weighted by Crippen LogP contribution is -2.42. The van der Waals surface area contributed by atoms with Crippen LogP contribution >= 0.6 is 0 Å². The fourth-order valence-electron chi connectivity index (χ4n) is 1.32. The molecule has 0 aromatic carbocycles. The van der Waals surface area contributed by atoms with Gasteiger partial charge in [0.15, 0.2) is 0 Å². The van der Waals surface area contributed by atoms with Gasteiger partial charge in [0.25, 0.3) is 0 Å². The first-order valence-electron chi connectivity index (χ1n) is 4.50. The maximum Gasteiger partial charge on any atom is 0.0591 e. The van der Waals surface area contributed by atoms with Gasteiger partial charge in [-0.1, -0.05) is 0 Å². The van der Waals surface area contributed by atoms with E-state index in [1.165, 1.54) is 6.42 Å². The minimum absolute atomic E-state index is 0.511. The number of hydrogen-bond acceptors (Lipinski definition) is 5. The molecule has 78 valence electrons. The summed E-state index contributed by atoms with van der Waals surface area (Å²) in [4.78, 5) is 4.98. The molecule has 1 unspecified atom stereocenters. The molecule has 2 atom stereocenters. The molecule has 5 nitrogen and oxygen atoms in total. The highest BCUT2D eigenvalue weighted by molar-refractivity contribution is 4.98. The van der Waals surface area contributed by atoms with E-state index in [0.717, 1.165) is 0 Å². The standard InChI is InChI=1S/C8H20N4O/c1-10(2)11(3)8-6-7(8)9-12(4)13-5/h7-9H,6H2,1-5H3/t7?,8-/m1/s1. The van der Waals surface area contributed by atoms with E-state index in [9.17, 15) is 0 Å². The molecule has 0 heterocycles. The van der Waals surface area contributed by atoms with Gasteiger partial charge in [-0.3, -0.25) is 4.84 Å². The van der Waals surface area contributed by atoms with Crippen LogP contribution in [0.1, 0.15) is 6.42 Å². The number of nitrogens with zero attached hydrogens (tertiary/aromatic N) is 3. The molecule has 1 fully saturated rings. The van der Waals surface area contributed by atoms with Crippen LogP contribution in [-0.2, 0) is 4.84 Å². The smallest absolute Gasteiger partial charge is 0.0591 e. The van der Waals surface area contributed by atoms with Gasteiger partial charge in [0.05, 0.1) is 7.11 Å². The topological polar surface area (TPSA) is 31.0 Å². The van der Waals surface area contributed by atoms with Gasteiger partial charge in [-0.2, -0.15) is 0 Å². The van der Waals surface area contributed by atoms with Gasteiger partial charge in [0.2, 0.25) is 0 Å². The molecule has 0 bridgehead atoms. The second-order valence-electron chi connectivity index (χ2n) is 3.64. The number of hydrazine groups is 2. The third kappa shape index (κ3) is 2.89. The molecule has 0 amide bonds. The molecule has 1 N–H and O–H groups in total. The van der Waals surface area contributed by atoms with E-state index >= 15 is 0 Å². The van der Waals surface area contributed by atoms with Gasteiger partial charge in [-0.15, -0.1) is 5.17 Å². The number of hydrogen-bond donors (Lipinski definition) is 1. The van der Waals surface area contributed by atoms with Crippen molar-refractivity contribution in [2.75, 3.05) is 35.3 Å². The monoisotopic (exact) mass is 188 g/mol. The van der Waals surface area contributed by atoms with Crippen LogP contribution in [0.15, 0.2) is 0 Å². The van der Waals surface area contributed by atoms with Crippen molar-refractivity contribution in [2.45, 2.75) is 18.5 Å². The van der Waals surface area contributed by atoms with E-state index in [2.05, 4.69) is 36.6 Å². The average molecular weight is 188 g/mol. The molecule has 0 aromatic heterocycles. The highest BCUT2D eigenvalue weighted by Crippen LogP contribution is 2.27.